The van der Waals surface area contributed by atoms with Crippen molar-refractivity contribution < 1.29 is 13.9 Å². The van der Waals surface area contributed by atoms with E-state index >= 15 is 0 Å². The van der Waals surface area contributed by atoms with Crippen LogP contribution in [0.25, 0.3) is 11.5 Å². The Hall–Kier alpha value is -2.41. The number of piperazine rings is 1. The topological polar surface area (TPSA) is 71.7 Å². The molecule has 0 spiro atoms. The molecule has 0 bridgehead atoms. The third-order valence-electron chi connectivity index (χ3n) is 4.05. The van der Waals surface area contributed by atoms with Crippen LogP contribution in [0.15, 0.2) is 28.7 Å². The number of aromatic nitrogens is 2. The predicted molar refractivity (Wildman–Crippen MR) is 84.3 cm³/mol. The Morgan fingerprint density at radius 3 is 2.48 bits per heavy atom. The normalized spacial score (nSPS) is 15.7. The zero-order valence-corrected chi connectivity index (χ0v) is 13.4. The molecule has 0 radical (unpaired) electrons. The van der Waals surface area contributed by atoms with Crippen molar-refractivity contribution in [2.45, 2.75) is 6.92 Å². The van der Waals surface area contributed by atoms with Crippen LogP contribution in [-0.2, 0) is 0 Å². The van der Waals surface area contributed by atoms with Gasteiger partial charge in [0.25, 0.3) is 0 Å². The minimum absolute atomic E-state index is 0.0424. The summed E-state index contributed by atoms with van der Waals surface area (Å²) in [5, 5.41) is 7.87. The first-order chi connectivity index (χ1) is 11.2. The second-order valence-corrected chi connectivity index (χ2v) is 5.37. The van der Waals surface area contributed by atoms with Crippen LogP contribution < -0.4 is 4.74 Å². The summed E-state index contributed by atoms with van der Waals surface area (Å²) in [6, 6.07) is 7.26. The van der Waals surface area contributed by atoms with Crippen molar-refractivity contribution in [3.05, 3.63) is 30.2 Å². The van der Waals surface area contributed by atoms with Crippen molar-refractivity contribution in [2.75, 3.05) is 39.8 Å². The number of amides is 1. The molecule has 1 aromatic carbocycles. The van der Waals surface area contributed by atoms with Gasteiger partial charge in [0, 0.05) is 31.7 Å². The zero-order valence-electron chi connectivity index (χ0n) is 13.4. The summed E-state index contributed by atoms with van der Waals surface area (Å²) in [5.74, 6) is 0.926. The summed E-state index contributed by atoms with van der Waals surface area (Å²) in [6.07, 6.45) is 0. The van der Waals surface area contributed by atoms with Gasteiger partial charge >= 0.3 is 11.8 Å². The lowest BCUT2D eigenvalue weighted by molar-refractivity contribution is 0.0605. The van der Waals surface area contributed by atoms with Gasteiger partial charge in [-0.2, -0.15) is 0 Å². The van der Waals surface area contributed by atoms with E-state index in [1.54, 1.807) is 12.0 Å². The molecular weight excluding hydrogens is 296 g/mol. The minimum atomic E-state index is -0.201. The molecule has 7 heteroatoms. The molecule has 23 heavy (non-hydrogen) atoms. The van der Waals surface area contributed by atoms with Crippen LogP contribution in [0.3, 0.4) is 0 Å². The Balaban J connectivity index is 1.69. The summed E-state index contributed by atoms with van der Waals surface area (Å²) >= 11 is 0. The van der Waals surface area contributed by atoms with Gasteiger partial charge in [-0.25, -0.2) is 0 Å². The van der Waals surface area contributed by atoms with E-state index in [9.17, 15) is 4.79 Å². The van der Waals surface area contributed by atoms with Gasteiger partial charge in [-0.1, -0.05) is 6.92 Å². The molecule has 0 atom stereocenters. The second kappa shape index (κ2) is 6.78. The smallest absolute Gasteiger partial charge is 0.311 e. The number of hydrogen-bond acceptors (Lipinski definition) is 6. The molecule has 0 aliphatic carbocycles. The van der Waals surface area contributed by atoms with Crippen LogP contribution in [-0.4, -0.2) is 65.7 Å². The molecule has 2 aromatic rings. The fourth-order valence-electron chi connectivity index (χ4n) is 2.56. The fraction of sp³-hybridized carbons (Fsp3) is 0.438. The third kappa shape index (κ3) is 3.34. The van der Waals surface area contributed by atoms with Gasteiger partial charge in [-0.15, -0.1) is 10.2 Å². The molecule has 1 aliphatic rings. The zero-order chi connectivity index (χ0) is 16.2. The van der Waals surface area contributed by atoms with Crippen LogP contribution >= 0.6 is 0 Å². The summed E-state index contributed by atoms with van der Waals surface area (Å²) < 4.78 is 10.7. The summed E-state index contributed by atoms with van der Waals surface area (Å²) in [7, 11) is 1.61. The largest absolute Gasteiger partial charge is 0.497 e. The number of carbonyl (C=O) groups excluding carboxylic acids is 1. The van der Waals surface area contributed by atoms with Crippen LogP contribution in [0.5, 0.6) is 5.75 Å². The quantitative estimate of drug-likeness (QED) is 0.852. The highest BCUT2D eigenvalue weighted by Crippen LogP contribution is 2.21. The average molecular weight is 316 g/mol. The molecular formula is C16H20N4O3. The Bertz CT molecular complexity index is 660. The molecule has 1 saturated heterocycles. The van der Waals surface area contributed by atoms with Crippen LogP contribution in [0, 0.1) is 0 Å². The van der Waals surface area contributed by atoms with Gasteiger partial charge in [-0.3, -0.25) is 4.79 Å². The molecule has 7 nitrogen and oxygen atoms in total. The molecule has 1 aliphatic heterocycles. The molecule has 1 fully saturated rings. The van der Waals surface area contributed by atoms with Gasteiger partial charge < -0.3 is 19.0 Å². The first-order valence-corrected chi connectivity index (χ1v) is 7.71. The van der Waals surface area contributed by atoms with Gasteiger partial charge in [-0.05, 0) is 30.8 Å². The Morgan fingerprint density at radius 2 is 1.87 bits per heavy atom. The number of likely N-dealkylation sites (N-methyl/N-ethyl adjacent to an activating group) is 1. The number of nitrogens with zero attached hydrogens (tertiary/aromatic N) is 4. The van der Waals surface area contributed by atoms with E-state index in [0.29, 0.717) is 19.0 Å². The predicted octanol–water partition coefficient (Wildman–Crippen LogP) is 1.52. The molecule has 1 aromatic heterocycles. The second-order valence-electron chi connectivity index (χ2n) is 5.37. The molecule has 0 saturated carbocycles. The van der Waals surface area contributed by atoms with E-state index in [-0.39, 0.29) is 11.8 Å². The molecule has 1 amide bonds. The van der Waals surface area contributed by atoms with Crippen molar-refractivity contribution in [1.29, 1.82) is 0 Å². The number of hydrogen-bond donors (Lipinski definition) is 0. The van der Waals surface area contributed by atoms with Crippen molar-refractivity contribution in [3.63, 3.8) is 0 Å². The van der Waals surface area contributed by atoms with Gasteiger partial charge in [0.2, 0.25) is 5.89 Å². The summed E-state index contributed by atoms with van der Waals surface area (Å²) in [6.45, 7) is 6.25. The number of methoxy groups -OCH3 is 1. The SMILES string of the molecule is CCN1CCN(C(=O)c2nnc(-c3ccc(OC)cc3)o2)CC1. The van der Waals surface area contributed by atoms with E-state index in [1.807, 2.05) is 24.3 Å². The van der Waals surface area contributed by atoms with E-state index in [0.717, 1.165) is 30.9 Å². The first-order valence-electron chi connectivity index (χ1n) is 7.71. The van der Waals surface area contributed by atoms with E-state index < -0.39 is 0 Å². The van der Waals surface area contributed by atoms with Gasteiger partial charge in [0.05, 0.1) is 7.11 Å². The van der Waals surface area contributed by atoms with Crippen molar-refractivity contribution in [2.24, 2.45) is 0 Å². The standard InChI is InChI=1S/C16H20N4O3/c1-3-19-8-10-20(11-9-19)16(21)15-18-17-14(23-15)12-4-6-13(22-2)7-5-12/h4-7H,3,8-11H2,1-2H3. The van der Waals surface area contributed by atoms with Crippen LogP contribution in [0.2, 0.25) is 0 Å². The lowest BCUT2D eigenvalue weighted by atomic mass is 10.2. The molecule has 0 unspecified atom stereocenters. The number of rotatable bonds is 4. The minimum Gasteiger partial charge on any atom is -0.497 e. The highest BCUT2D eigenvalue weighted by Gasteiger charge is 2.25. The highest BCUT2D eigenvalue weighted by molar-refractivity contribution is 5.89. The Kier molecular flexibility index (Phi) is 4.57. The van der Waals surface area contributed by atoms with E-state index in [4.69, 9.17) is 9.15 Å². The molecule has 3 rings (SSSR count). The van der Waals surface area contributed by atoms with Crippen LogP contribution in [0.4, 0.5) is 0 Å². The fourth-order valence-corrected chi connectivity index (χ4v) is 2.56. The first kappa shape index (κ1) is 15.5. The van der Waals surface area contributed by atoms with Crippen molar-refractivity contribution in [1.82, 2.24) is 20.0 Å². The molecule has 2 heterocycles. The monoisotopic (exact) mass is 316 g/mol. The summed E-state index contributed by atoms with van der Waals surface area (Å²) in [4.78, 5) is 16.5. The van der Waals surface area contributed by atoms with Gasteiger partial charge in [0.1, 0.15) is 5.75 Å². The Morgan fingerprint density at radius 1 is 1.17 bits per heavy atom. The molecule has 0 N–H and O–H groups in total. The maximum absolute atomic E-state index is 12.4. The number of ether oxygens (including phenoxy) is 1. The number of benzene rings is 1. The highest BCUT2D eigenvalue weighted by atomic mass is 16.5. The maximum Gasteiger partial charge on any atom is 0.311 e. The third-order valence-corrected chi connectivity index (χ3v) is 4.05. The maximum atomic E-state index is 12.4. The van der Waals surface area contributed by atoms with E-state index in [1.165, 1.54) is 0 Å². The lowest BCUT2D eigenvalue weighted by Crippen LogP contribution is -2.48. The Labute approximate surface area is 134 Å². The van der Waals surface area contributed by atoms with E-state index in [2.05, 4.69) is 22.0 Å². The van der Waals surface area contributed by atoms with Gasteiger partial charge in [0.15, 0.2) is 0 Å². The van der Waals surface area contributed by atoms with Crippen LogP contribution in [0.1, 0.15) is 17.6 Å². The lowest BCUT2D eigenvalue weighted by Gasteiger charge is -2.33. The van der Waals surface area contributed by atoms with Crippen molar-refractivity contribution in [3.8, 4) is 17.2 Å². The van der Waals surface area contributed by atoms with Crippen molar-refractivity contribution >= 4 is 5.91 Å². The number of carbonyl (C=O) groups is 1. The average Bonchev–Trinajstić information content (AvgIpc) is 3.11. The summed E-state index contributed by atoms with van der Waals surface area (Å²) in [5.41, 5.74) is 0.758. The molecule has 122 valence electrons.